The van der Waals surface area contributed by atoms with E-state index in [2.05, 4.69) is 15.3 Å². The zero-order valence-electron chi connectivity index (χ0n) is 12.1. The van der Waals surface area contributed by atoms with Gasteiger partial charge in [-0.2, -0.15) is 0 Å². The Morgan fingerprint density at radius 1 is 1.41 bits per heavy atom. The summed E-state index contributed by atoms with van der Waals surface area (Å²) in [6, 6.07) is 8.18. The van der Waals surface area contributed by atoms with E-state index in [9.17, 15) is 9.59 Å². The number of hydrogen-bond donors (Lipinski definition) is 3. The van der Waals surface area contributed by atoms with Crippen molar-refractivity contribution in [2.45, 2.75) is 17.3 Å². The number of anilines is 2. The largest absolute Gasteiger partial charge is 0.497 e. The third-order valence-corrected chi connectivity index (χ3v) is 3.74. The van der Waals surface area contributed by atoms with Crippen molar-refractivity contribution in [3.05, 3.63) is 40.7 Å². The fourth-order valence-corrected chi connectivity index (χ4v) is 2.47. The fraction of sp³-hybridized carbons (Fsp3) is 0.214. The third-order valence-electron chi connectivity index (χ3n) is 2.75. The number of thioether (sulfide) groups is 1. The molecule has 0 spiro atoms. The Hall–Kier alpha value is -2.48. The van der Waals surface area contributed by atoms with Gasteiger partial charge >= 0.3 is 0 Å². The van der Waals surface area contributed by atoms with Gasteiger partial charge in [0.2, 0.25) is 5.91 Å². The Labute approximate surface area is 131 Å². The first-order chi connectivity index (χ1) is 10.5. The van der Waals surface area contributed by atoms with Gasteiger partial charge in [0.25, 0.3) is 5.56 Å². The average Bonchev–Trinajstić information content (AvgIpc) is 2.46. The minimum Gasteiger partial charge on any atom is -0.497 e. The number of amides is 1. The number of aromatic nitrogens is 2. The zero-order chi connectivity index (χ0) is 16.1. The lowest BCUT2D eigenvalue weighted by molar-refractivity contribution is -0.115. The summed E-state index contributed by atoms with van der Waals surface area (Å²) >= 11 is 1.12. The molecule has 7 nitrogen and oxygen atoms in total. The Bertz CT molecular complexity index is 715. The first kappa shape index (κ1) is 15.9. The quantitative estimate of drug-likeness (QED) is 0.568. The van der Waals surface area contributed by atoms with Crippen molar-refractivity contribution in [1.29, 1.82) is 0 Å². The molecule has 4 N–H and O–H groups in total. The van der Waals surface area contributed by atoms with Crippen LogP contribution in [-0.2, 0) is 4.79 Å². The van der Waals surface area contributed by atoms with E-state index in [0.29, 0.717) is 16.6 Å². The first-order valence-corrected chi connectivity index (χ1v) is 7.34. The van der Waals surface area contributed by atoms with Crippen LogP contribution in [0.3, 0.4) is 0 Å². The Balaban J connectivity index is 2.00. The zero-order valence-corrected chi connectivity index (χ0v) is 12.9. The molecule has 0 bridgehead atoms. The normalized spacial score (nSPS) is 11.7. The highest BCUT2D eigenvalue weighted by molar-refractivity contribution is 8.00. The Morgan fingerprint density at radius 2 is 2.09 bits per heavy atom. The number of rotatable bonds is 5. The number of nitrogens with one attached hydrogen (secondary N) is 2. The molecule has 0 saturated carbocycles. The van der Waals surface area contributed by atoms with Crippen molar-refractivity contribution < 1.29 is 9.53 Å². The van der Waals surface area contributed by atoms with Crippen LogP contribution in [0.15, 0.2) is 40.3 Å². The highest BCUT2D eigenvalue weighted by Gasteiger charge is 2.16. The number of hydrogen-bond acceptors (Lipinski definition) is 6. The number of carbonyl (C=O) groups excluding carboxylic acids is 1. The Kier molecular flexibility index (Phi) is 5.05. The molecule has 2 aromatic rings. The standard InChI is InChI=1S/C14H16N4O3S/c1-8(22-14-17-11(15)7-12(19)18-14)13(20)16-9-3-5-10(21-2)6-4-9/h3-8H,1-2H3,(H,16,20)(H3,15,17,18,19)/t8-/m0/s1. The molecule has 0 unspecified atom stereocenters. The van der Waals surface area contributed by atoms with E-state index in [1.54, 1.807) is 38.3 Å². The van der Waals surface area contributed by atoms with Gasteiger partial charge in [-0.3, -0.25) is 9.59 Å². The molecule has 0 aliphatic heterocycles. The summed E-state index contributed by atoms with van der Waals surface area (Å²) in [6.07, 6.45) is 0. The van der Waals surface area contributed by atoms with Gasteiger partial charge < -0.3 is 20.8 Å². The molecule has 1 heterocycles. The number of nitrogens with two attached hydrogens (primary N) is 1. The fourth-order valence-electron chi connectivity index (χ4n) is 1.65. The highest BCUT2D eigenvalue weighted by Crippen LogP contribution is 2.21. The molecule has 0 aliphatic rings. The van der Waals surface area contributed by atoms with E-state index < -0.39 is 5.25 Å². The van der Waals surface area contributed by atoms with Crippen molar-refractivity contribution in [3.63, 3.8) is 0 Å². The number of benzene rings is 1. The molecule has 22 heavy (non-hydrogen) atoms. The Morgan fingerprint density at radius 3 is 2.68 bits per heavy atom. The molecule has 116 valence electrons. The molecule has 1 amide bonds. The summed E-state index contributed by atoms with van der Waals surface area (Å²) < 4.78 is 5.05. The van der Waals surface area contributed by atoms with E-state index >= 15 is 0 Å². The van der Waals surface area contributed by atoms with Gasteiger partial charge in [0.15, 0.2) is 5.16 Å². The van der Waals surface area contributed by atoms with Crippen LogP contribution in [0.5, 0.6) is 5.75 Å². The lowest BCUT2D eigenvalue weighted by Gasteiger charge is -2.11. The molecule has 2 rings (SSSR count). The third kappa shape index (κ3) is 4.26. The van der Waals surface area contributed by atoms with Crippen molar-refractivity contribution in [3.8, 4) is 5.75 Å². The van der Waals surface area contributed by atoms with Crippen LogP contribution in [0.1, 0.15) is 6.92 Å². The summed E-state index contributed by atoms with van der Waals surface area (Å²) in [5, 5.41) is 2.63. The SMILES string of the molecule is COc1ccc(NC(=O)[C@H](C)Sc2nc(N)cc(=O)[nH]2)cc1. The molecule has 0 fully saturated rings. The molecule has 0 saturated heterocycles. The summed E-state index contributed by atoms with van der Waals surface area (Å²) in [5.41, 5.74) is 5.82. The molecule has 0 radical (unpaired) electrons. The minimum atomic E-state index is -0.452. The van der Waals surface area contributed by atoms with Crippen LogP contribution in [0.25, 0.3) is 0 Å². The van der Waals surface area contributed by atoms with Crippen LogP contribution in [0.2, 0.25) is 0 Å². The second-order valence-corrected chi connectivity index (χ2v) is 5.78. The van der Waals surface area contributed by atoms with Crippen LogP contribution in [0, 0.1) is 0 Å². The molecule has 1 aromatic heterocycles. The van der Waals surface area contributed by atoms with Gasteiger partial charge in [-0.1, -0.05) is 11.8 Å². The van der Waals surface area contributed by atoms with Crippen LogP contribution < -0.4 is 21.3 Å². The highest BCUT2D eigenvalue weighted by atomic mass is 32.2. The topological polar surface area (TPSA) is 110 Å². The van der Waals surface area contributed by atoms with E-state index in [1.807, 2.05) is 0 Å². The number of H-pyrrole nitrogens is 1. The number of carbonyl (C=O) groups is 1. The van der Waals surface area contributed by atoms with Gasteiger partial charge in [0, 0.05) is 11.8 Å². The second-order valence-electron chi connectivity index (χ2n) is 4.45. The van der Waals surface area contributed by atoms with E-state index in [-0.39, 0.29) is 17.3 Å². The second kappa shape index (κ2) is 6.99. The first-order valence-electron chi connectivity index (χ1n) is 6.46. The monoisotopic (exact) mass is 320 g/mol. The molecule has 8 heteroatoms. The van der Waals surface area contributed by atoms with Crippen LogP contribution >= 0.6 is 11.8 Å². The maximum atomic E-state index is 12.1. The maximum absolute atomic E-state index is 12.1. The molecule has 1 aromatic carbocycles. The number of aromatic amines is 1. The molecule has 1 atom stereocenters. The minimum absolute atomic E-state index is 0.119. The molecular weight excluding hydrogens is 304 g/mol. The van der Waals surface area contributed by atoms with Gasteiger partial charge in [-0.15, -0.1) is 0 Å². The van der Waals surface area contributed by atoms with Crippen molar-refractivity contribution in [2.24, 2.45) is 0 Å². The van der Waals surface area contributed by atoms with E-state index in [0.717, 1.165) is 11.8 Å². The summed E-state index contributed by atoms with van der Waals surface area (Å²) in [6.45, 7) is 1.71. The lowest BCUT2D eigenvalue weighted by atomic mass is 10.3. The van der Waals surface area contributed by atoms with Crippen LogP contribution in [-0.4, -0.2) is 28.2 Å². The number of methoxy groups -OCH3 is 1. The summed E-state index contributed by atoms with van der Waals surface area (Å²) in [4.78, 5) is 29.9. The van der Waals surface area contributed by atoms with Gasteiger partial charge in [0.05, 0.1) is 12.4 Å². The summed E-state index contributed by atoms with van der Waals surface area (Å²) in [7, 11) is 1.58. The number of nitrogen functional groups attached to an aromatic ring is 1. The van der Waals surface area contributed by atoms with E-state index in [1.165, 1.54) is 6.07 Å². The van der Waals surface area contributed by atoms with Gasteiger partial charge in [0.1, 0.15) is 11.6 Å². The van der Waals surface area contributed by atoms with E-state index in [4.69, 9.17) is 10.5 Å². The maximum Gasteiger partial charge on any atom is 0.253 e. The van der Waals surface area contributed by atoms with Gasteiger partial charge in [-0.25, -0.2) is 4.98 Å². The molecular formula is C14H16N4O3S. The predicted octanol–water partition coefficient (Wildman–Crippen LogP) is 1.48. The molecule has 0 aliphatic carbocycles. The van der Waals surface area contributed by atoms with Crippen molar-refractivity contribution in [1.82, 2.24) is 9.97 Å². The lowest BCUT2D eigenvalue weighted by Crippen LogP contribution is -2.23. The summed E-state index contributed by atoms with van der Waals surface area (Å²) in [5.74, 6) is 0.621. The number of ether oxygens (including phenoxy) is 1. The van der Waals surface area contributed by atoms with Crippen molar-refractivity contribution in [2.75, 3.05) is 18.2 Å². The van der Waals surface area contributed by atoms with Crippen molar-refractivity contribution >= 4 is 29.2 Å². The smallest absolute Gasteiger partial charge is 0.253 e. The number of nitrogens with zero attached hydrogens (tertiary/aromatic N) is 1. The average molecular weight is 320 g/mol. The predicted molar refractivity (Wildman–Crippen MR) is 86.2 cm³/mol. The van der Waals surface area contributed by atoms with Crippen LogP contribution in [0.4, 0.5) is 11.5 Å². The van der Waals surface area contributed by atoms with Gasteiger partial charge in [-0.05, 0) is 31.2 Å².